The summed E-state index contributed by atoms with van der Waals surface area (Å²) in [6, 6.07) is 15.3. The Balaban J connectivity index is 1.56. The molecule has 2 heterocycles. The minimum atomic E-state index is -0.254. The highest BCUT2D eigenvalue weighted by molar-refractivity contribution is 7.17. The van der Waals surface area contributed by atoms with Crippen molar-refractivity contribution in [2.75, 3.05) is 0 Å². The van der Waals surface area contributed by atoms with E-state index in [9.17, 15) is 9.59 Å². The van der Waals surface area contributed by atoms with Gasteiger partial charge in [-0.3, -0.25) is 14.2 Å². The second kappa shape index (κ2) is 8.19. The molecule has 29 heavy (non-hydrogen) atoms. The van der Waals surface area contributed by atoms with Crippen LogP contribution in [0.2, 0.25) is 5.02 Å². The molecule has 7 heteroatoms. The third kappa shape index (κ3) is 4.23. The standard InChI is InChI=1S/C22H18ClN3O2S/c1-14-2-6-16(7-3-14)18-12-29-21-20(18)22(28)26(13-25-21)11-19(27)24-10-15-4-8-17(23)9-5-15/h2-9,12-13H,10-11H2,1H3,(H,24,27). The summed E-state index contributed by atoms with van der Waals surface area (Å²) in [5.41, 5.74) is 3.68. The molecule has 4 rings (SSSR count). The van der Waals surface area contributed by atoms with Crippen molar-refractivity contribution < 1.29 is 4.79 Å². The van der Waals surface area contributed by atoms with Gasteiger partial charge < -0.3 is 5.32 Å². The summed E-state index contributed by atoms with van der Waals surface area (Å²) < 4.78 is 1.35. The van der Waals surface area contributed by atoms with Gasteiger partial charge in [-0.2, -0.15) is 0 Å². The molecule has 0 saturated heterocycles. The molecule has 2 aromatic heterocycles. The number of rotatable bonds is 5. The molecule has 0 aliphatic carbocycles. The molecule has 0 spiro atoms. The number of thiophene rings is 1. The van der Waals surface area contributed by atoms with Crippen LogP contribution in [0.5, 0.6) is 0 Å². The monoisotopic (exact) mass is 423 g/mol. The summed E-state index contributed by atoms with van der Waals surface area (Å²) in [5.74, 6) is -0.254. The lowest BCUT2D eigenvalue weighted by Gasteiger charge is -2.08. The van der Waals surface area contributed by atoms with E-state index in [4.69, 9.17) is 11.6 Å². The zero-order valence-electron chi connectivity index (χ0n) is 15.7. The van der Waals surface area contributed by atoms with Crippen LogP contribution in [0, 0.1) is 6.92 Å². The van der Waals surface area contributed by atoms with Gasteiger partial charge in [0.05, 0.1) is 11.7 Å². The quantitative estimate of drug-likeness (QED) is 0.517. The van der Waals surface area contributed by atoms with Gasteiger partial charge >= 0.3 is 0 Å². The Hall–Kier alpha value is -2.96. The molecule has 0 aliphatic heterocycles. The molecule has 4 aromatic rings. The van der Waals surface area contributed by atoms with Crippen LogP contribution in [0.3, 0.4) is 0 Å². The predicted octanol–water partition coefficient (Wildman–Crippen LogP) is 4.40. The number of fused-ring (bicyclic) bond motifs is 1. The van der Waals surface area contributed by atoms with E-state index in [-0.39, 0.29) is 18.0 Å². The van der Waals surface area contributed by atoms with Gasteiger partial charge in [-0.25, -0.2) is 4.98 Å². The predicted molar refractivity (Wildman–Crippen MR) is 117 cm³/mol. The second-order valence-corrected chi connectivity index (χ2v) is 8.07. The number of hydrogen-bond acceptors (Lipinski definition) is 4. The molecule has 0 atom stereocenters. The molecule has 2 aromatic carbocycles. The molecular weight excluding hydrogens is 406 g/mol. The van der Waals surface area contributed by atoms with Crippen LogP contribution in [0.1, 0.15) is 11.1 Å². The summed E-state index contributed by atoms with van der Waals surface area (Å²) in [6.07, 6.45) is 1.43. The van der Waals surface area contributed by atoms with Crippen molar-refractivity contribution in [1.29, 1.82) is 0 Å². The largest absolute Gasteiger partial charge is 0.350 e. The molecule has 0 saturated carbocycles. The summed E-state index contributed by atoms with van der Waals surface area (Å²) >= 11 is 7.30. The number of amides is 1. The fourth-order valence-corrected chi connectivity index (χ4v) is 4.07. The van der Waals surface area contributed by atoms with E-state index < -0.39 is 0 Å². The Morgan fingerprint density at radius 2 is 1.86 bits per heavy atom. The van der Waals surface area contributed by atoms with E-state index in [1.807, 2.05) is 48.7 Å². The third-order valence-electron chi connectivity index (χ3n) is 4.64. The molecule has 0 bridgehead atoms. The van der Waals surface area contributed by atoms with Crippen LogP contribution in [0.4, 0.5) is 0 Å². The first-order chi connectivity index (χ1) is 14.0. The normalized spacial score (nSPS) is 11.0. The highest BCUT2D eigenvalue weighted by Gasteiger charge is 2.14. The van der Waals surface area contributed by atoms with Crippen LogP contribution in [0.15, 0.2) is 65.0 Å². The average molecular weight is 424 g/mol. The van der Waals surface area contributed by atoms with Crippen LogP contribution in [-0.4, -0.2) is 15.5 Å². The van der Waals surface area contributed by atoms with Crippen LogP contribution in [0.25, 0.3) is 21.3 Å². The van der Waals surface area contributed by atoms with Gasteiger partial charge in [0.1, 0.15) is 11.4 Å². The average Bonchev–Trinajstić information content (AvgIpc) is 3.15. The van der Waals surface area contributed by atoms with E-state index >= 15 is 0 Å². The maximum atomic E-state index is 13.0. The van der Waals surface area contributed by atoms with Crippen LogP contribution >= 0.6 is 22.9 Å². The summed E-state index contributed by atoms with van der Waals surface area (Å²) in [6.45, 7) is 2.30. The van der Waals surface area contributed by atoms with Gasteiger partial charge in [-0.05, 0) is 30.2 Å². The van der Waals surface area contributed by atoms with Crippen molar-refractivity contribution in [2.24, 2.45) is 0 Å². The minimum Gasteiger partial charge on any atom is -0.350 e. The lowest BCUT2D eigenvalue weighted by atomic mass is 10.1. The van der Waals surface area contributed by atoms with E-state index in [2.05, 4.69) is 10.3 Å². The summed E-state index contributed by atoms with van der Waals surface area (Å²) in [7, 11) is 0. The topological polar surface area (TPSA) is 64.0 Å². The lowest BCUT2D eigenvalue weighted by molar-refractivity contribution is -0.121. The molecule has 5 nitrogen and oxygen atoms in total. The first kappa shape index (κ1) is 19.4. The number of nitrogens with one attached hydrogen (secondary N) is 1. The third-order valence-corrected chi connectivity index (χ3v) is 5.78. The van der Waals surface area contributed by atoms with Crippen molar-refractivity contribution in [3.05, 3.63) is 86.7 Å². The van der Waals surface area contributed by atoms with Crippen molar-refractivity contribution in [3.63, 3.8) is 0 Å². The van der Waals surface area contributed by atoms with Crippen molar-refractivity contribution >= 4 is 39.1 Å². The Bertz CT molecular complexity index is 1230. The number of carbonyl (C=O) groups excluding carboxylic acids is 1. The Kier molecular flexibility index (Phi) is 5.47. The van der Waals surface area contributed by atoms with Gasteiger partial charge in [0.2, 0.25) is 5.91 Å². The second-order valence-electron chi connectivity index (χ2n) is 6.78. The molecule has 0 radical (unpaired) electrons. The molecular formula is C22H18ClN3O2S. The molecule has 1 amide bonds. The maximum Gasteiger partial charge on any atom is 0.263 e. The van der Waals surface area contributed by atoms with E-state index in [1.165, 1.54) is 22.2 Å². The minimum absolute atomic E-state index is 0.0848. The Labute approximate surface area is 176 Å². The zero-order chi connectivity index (χ0) is 20.4. The fraction of sp³-hybridized carbons (Fsp3) is 0.136. The van der Waals surface area contributed by atoms with Gasteiger partial charge in [0.25, 0.3) is 5.56 Å². The van der Waals surface area contributed by atoms with Crippen molar-refractivity contribution in [1.82, 2.24) is 14.9 Å². The molecule has 0 aliphatic rings. The SMILES string of the molecule is Cc1ccc(-c2csc3ncn(CC(=O)NCc4ccc(Cl)cc4)c(=O)c23)cc1. The number of nitrogens with zero attached hydrogens (tertiary/aromatic N) is 2. The molecule has 0 unspecified atom stereocenters. The smallest absolute Gasteiger partial charge is 0.263 e. The van der Waals surface area contributed by atoms with Gasteiger partial charge in [-0.1, -0.05) is 53.6 Å². The number of halogens is 1. The highest BCUT2D eigenvalue weighted by atomic mass is 35.5. The van der Waals surface area contributed by atoms with Gasteiger partial charge in [0.15, 0.2) is 0 Å². The van der Waals surface area contributed by atoms with E-state index in [0.29, 0.717) is 21.8 Å². The number of hydrogen-bond donors (Lipinski definition) is 1. The van der Waals surface area contributed by atoms with Crippen molar-refractivity contribution in [2.45, 2.75) is 20.0 Å². The van der Waals surface area contributed by atoms with Gasteiger partial charge in [-0.15, -0.1) is 11.3 Å². The Morgan fingerprint density at radius 3 is 2.59 bits per heavy atom. The number of carbonyl (C=O) groups is 1. The summed E-state index contributed by atoms with van der Waals surface area (Å²) in [4.78, 5) is 30.4. The van der Waals surface area contributed by atoms with Crippen LogP contribution in [-0.2, 0) is 17.9 Å². The lowest BCUT2D eigenvalue weighted by Crippen LogP contribution is -2.32. The van der Waals surface area contributed by atoms with Crippen LogP contribution < -0.4 is 10.9 Å². The van der Waals surface area contributed by atoms with E-state index in [1.54, 1.807) is 12.1 Å². The van der Waals surface area contributed by atoms with Gasteiger partial charge in [0, 0.05) is 22.5 Å². The fourth-order valence-electron chi connectivity index (χ4n) is 3.04. The molecule has 1 N–H and O–H groups in total. The van der Waals surface area contributed by atoms with E-state index in [0.717, 1.165) is 22.3 Å². The number of aromatic nitrogens is 2. The molecule has 0 fully saturated rings. The van der Waals surface area contributed by atoms with Crippen molar-refractivity contribution in [3.8, 4) is 11.1 Å². The number of benzene rings is 2. The highest BCUT2D eigenvalue weighted by Crippen LogP contribution is 2.30. The number of aryl methyl sites for hydroxylation is 1. The Morgan fingerprint density at radius 1 is 1.14 bits per heavy atom. The maximum absolute atomic E-state index is 13.0. The first-order valence-electron chi connectivity index (χ1n) is 9.06. The first-order valence-corrected chi connectivity index (χ1v) is 10.3. The molecule has 146 valence electrons. The zero-order valence-corrected chi connectivity index (χ0v) is 17.3. The summed E-state index contributed by atoms with van der Waals surface area (Å²) in [5, 5.41) is 5.95.